The second-order valence-electron chi connectivity index (χ2n) is 10.1. The molecule has 1 aliphatic rings. The van der Waals surface area contributed by atoms with Gasteiger partial charge in [-0.2, -0.15) is 10.5 Å². The molecule has 0 saturated carbocycles. The molecule has 214 valence electrons. The van der Waals surface area contributed by atoms with Crippen LogP contribution in [0.15, 0.2) is 82.4 Å². The second kappa shape index (κ2) is 13.3. The summed E-state index contributed by atoms with van der Waals surface area (Å²) in [5.41, 5.74) is 11.2. The molecule has 1 unspecified atom stereocenters. The average molecular weight is 581 g/mol. The summed E-state index contributed by atoms with van der Waals surface area (Å²) in [7, 11) is 0. The molecular formula is C33H32N4O4S. The van der Waals surface area contributed by atoms with Gasteiger partial charge in [0, 0.05) is 5.69 Å². The fourth-order valence-corrected chi connectivity index (χ4v) is 5.59. The van der Waals surface area contributed by atoms with Crippen LogP contribution < -0.4 is 10.5 Å². The van der Waals surface area contributed by atoms with Gasteiger partial charge in [0.15, 0.2) is 0 Å². The van der Waals surface area contributed by atoms with E-state index in [2.05, 4.69) is 17.1 Å². The standard InChI is InChI=1S/C33H32N4O4S/c1-19(2)40-33(38)30-28(18-42-32-26(15-34)21(4)20(3)22(5)37-32)41-31(36)27(16-35)29(30)24-12-9-13-25(14-24)39-17-23-10-7-6-8-11-23/h6-14,19,29H,17-18,36H2,1-5H3. The zero-order valence-electron chi connectivity index (χ0n) is 24.2. The summed E-state index contributed by atoms with van der Waals surface area (Å²) in [6.07, 6.45) is -0.414. The molecule has 8 nitrogen and oxygen atoms in total. The number of carbonyl (C=O) groups is 1. The molecule has 1 aliphatic heterocycles. The highest BCUT2D eigenvalue weighted by Crippen LogP contribution is 2.42. The van der Waals surface area contributed by atoms with Crippen molar-refractivity contribution in [3.8, 4) is 17.9 Å². The maximum absolute atomic E-state index is 13.6. The Morgan fingerprint density at radius 3 is 2.48 bits per heavy atom. The number of rotatable bonds is 9. The Balaban J connectivity index is 1.76. The summed E-state index contributed by atoms with van der Waals surface area (Å²) in [6.45, 7) is 9.55. The summed E-state index contributed by atoms with van der Waals surface area (Å²) >= 11 is 1.26. The molecule has 0 spiro atoms. The Bertz CT molecular complexity index is 1650. The van der Waals surface area contributed by atoms with E-state index < -0.39 is 18.0 Å². The number of hydrogen-bond donors (Lipinski definition) is 1. The fraction of sp³-hybridized carbons (Fsp3) is 0.273. The monoisotopic (exact) mass is 580 g/mol. The first kappa shape index (κ1) is 30.2. The van der Waals surface area contributed by atoms with Crippen molar-refractivity contribution in [2.24, 2.45) is 5.73 Å². The minimum Gasteiger partial charge on any atom is -0.489 e. The third-order valence-electron chi connectivity index (χ3n) is 6.91. The number of esters is 1. The zero-order valence-corrected chi connectivity index (χ0v) is 25.0. The molecule has 42 heavy (non-hydrogen) atoms. The van der Waals surface area contributed by atoms with Crippen LogP contribution in [-0.4, -0.2) is 22.8 Å². The third kappa shape index (κ3) is 6.59. The molecular weight excluding hydrogens is 548 g/mol. The largest absolute Gasteiger partial charge is 0.489 e. The van der Waals surface area contributed by atoms with Crippen LogP contribution in [-0.2, 0) is 20.9 Å². The van der Waals surface area contributed by atoms with E-state index >= 15 is 0 Å². The molecule has 0 aliphatic carbocycles. The fourth-order valence-electron chi connectivity index (χ4n) is 4.57. The van der Waals surface area contributed by atoms with Crippen LogP contribution in [0.3, 0.4) is 0 Å². The van der Waals surface area contributed by atoms with Gasteiger partial charge in [-0.05, 0) is 69.0 Å². The lowest BCUT2D eigenvalue weighted by molar-refractivity contribution is -0.143. The number of pyridine rings is 1. The smallest absolute Gasteiger partial charge is 0.338 e. The predicted octanol–water partition coefficient (Wildman–Crippen LogP) is 6.26. The van der Waals surface area contributed by atoms with Gasteiger partial charge in [-0.1, -0.05) is 54.2 Å². The SMILES string of the molecule is Cc1nc(SCC2=C(C(=O)OC(C)C)C(c3cccc(OCc4ccccc4)c3)C(C#N)=C(N)O2)c(C#N)c(C)c1C. The summed E-state index contributed by atoms with van der Waals surface area (Å²) in [5, 5.41) is 20.5. The van der Waals surface area contributed by atoms with Crippen molar-refractivity contribution in [2.75, 3.05) is 5.75 Å². The number of allylic oxidation sites excluding steroid dienone is 1. The summed E-state index contributed by atoms with van der Waals surface area (Å²) in [5.74, 6) is -0.628. The van der Waals surface area contributed by atoms with Crippen LogP contribution in [0.1, 0.15) is 53.3 Å². The molecule has 0 saturated heterocycles. The van der Waals surface area contributed by atoms with E-state index in [4.69, 9.17) is 19.9 Å². The first-order valence-electron chi connectivity index (χ1n) is 13.4. The minimum atomic E-state index is -0.851. The highest BCUT2D eigenvalue weighted by Gasteiger charge is 2.38. The van der Waals surface area contributed by atoms with Crippen molar-refractivity contribution in [3.63, 3.8) is 0 Å². The maximum Gasteiger partial charge on any atom is 0.338 e. The molecule has 4 rings (SSSR count). The van der Waals surface area contributed by atoms with Crippen molar-refractivity contribution >= 4 is 17.7 Å². The zero-order chi connectivity index (χ0) is 30.4. The van der Waals surface area contributed by atoms with Crippen LogP contribution in [0.25, 0.3) is 0 Å². The Morgan fingerprint density at radius 2 is 1.81 bits per heavy atom. The number of hydrogen-bond acceptors (Lipinski definition) is 9. The molecule has 9 heteroatoms. The molecule has 0 fully saturated rings. The number of benzene rings is 2. The maximum atomic E-state index is 13.6. The van der Waals surface area contributed by atoms with Gasteiger partial charge >= 0.3 is 5.97 Å². The number of aromatic nitrogens is 1. The van der Waals surface area contributed by atoms with Crippen LogP contribution >= 0.6 is 11.8 Å². The van der Waals surface area contributed by atoms with E-state index in [9.17, 15) is 15.3 Å². The molecule has 2 N–H and O–H groups in total. The normalized spacial score (nSPS) is 14.7. The van der Waals surface area contributed by atoms with Crippen molar-refractivity contribution in [2.45, 2.75) is 58.3 Å². The van der Waals surface area contributed by atoms with Crippen LogP contribution in [0.4, 0.5) is 0 Å². The van der Waals surface area contributed by atoms with Crippen LogP contribution in [0.5, 0.6) is 5.75 Å². The number of aryl methyl sites for hydroxylation is 1. The van der Waals surface area contributed by atoms with Gasteiger partial charge < -0.3 is 19.9 Å². The van der Waals surface area contributed by atoms with Gasteiger partial charge in [-0.15, -0.1) is 0 Å². The van der Waals surface area contributed by atoms with Crippen molar-refractivity contribution in [1.29, 1.82) is 10.5 Å². The topological polar surface area (TPSA) is 131 Å². The quantitative estimate of drug-likeness (QED) is 0.230. The molecule has 1 aromatic heterocycles. The van der Waals surface area contributed by atoms with Crippen molar-refractivity contribution in [3.05, 3.63) is 111 Å². The molecule has 2 aromatic carbocycles. The van der Waals surface area contributed by atoms with Crippen LogP contribution in [0.2, 0.25) is 0 Å². The third-order valence-corrected chi connectivity index (χ3v) is 7.89. The highest BCUT2D eigenvalue weighted by molar-refractivity contribution is 7.99. The Labute approximate surface area is 250 Å². The van der Waals surface area contributed by atoms with Gasteiger partial charge in [0.05, 0.1) is 28.9 Å². The first-order chi connectivity index (χ1) is 20.1. The minimum absolute atomic E-state index is 0.0949. The number of ether oxygens (including phenoxy) is 3. The predicted molar refractivity (Wildman–Crippen MR) is 160 cm³/mol. The average Bonchev–Trinajstić information content (AvgIpc) is 2.97. The van der Waals surface area contributed by atoms with E-state index in [0.29, 0.717) is 28.5 Å². The number of nitrogens with two attached hydrogens (primary N) is 1. The van der Waals surface area contributed by atoms with Crippen LogP contribution in [0, 0.1) is 43.4 Å². The van der Waals surface area contributed by atoms with Gasteiger partial charge in [-0.25, -0.2) is 9.78 Å². The summed E-state index contributed by atoms with van der Waals surface area (Å²) in [4.78, 5) is 18.2. The highest BCUT2D eigenvalue weighted by atomic mass is 32.2. The van der Waals surface area contributed by atoms with Gasteiger partial charge in [0.25, 0.3) is 0 Å². The van der Waals surface area contributed by atoms with E-state index in [1.807, 2.05) is 63.2 Å². The van der Waals surface area contributed by atoms with E-state index in [1.165, 1.54) is 11.8 Å². The number of nitriles is 2. The Hall–Kier alpha value is -4.73. The molecule has 0 radical (unpaired) electrons. The van der Waals surface area contributed by atoms with Crippen molar-refractivity contribution < 1.29 is 19.0 Å². The molecule has 2 heterocycles. The second-order valence-corrected chi connectivity index (χ2v) is 11.1. The molecule has 0 amide bonds. The van der Waals surface area contributed by atoms with E-state index in [1.54, 1.807) is 26.0 Å². The molecule has 1 atom stereocenters. The van der Waals surface area contributed by atoms with Crippen molar-refractivity contribution in [1.82, 2.24) is 4.98 Å². The van der Waals surface area contributed by atoms with Gasteiger partial charge in [0.1, 0.15) is 40.9 Å². The van der Waals surface area contributed by atoms with E-state index in [-0.39, 0.29) is 28.5 Å². The van der Waals surface area contributed by atoms with Gasteiger partial charge in [0.2, 0.25) is 5.88 Å². The van der Waals surface area contributed by atoms with E-state index in [0.717, 1.165) is 22.4 Å². The lowest BCUT2D eigenvalue weighted by atomic mass is 9.83. The lowest BCUT2D eigenvalue weighted by Gasteiger charge is -2.29. The Morgan fingerprint density at radius 1 is 1.07 bits per heavy atom. The molecule has 3 aromatic rings. The summed E-state index contributed by atoms with van der Waals surface area (Å²) < 4.78 is 17.6. The Kier molecular flexibility index (Phi) is 9.57. The first-order valence-corrected chi connectivity index (χ1v) is 14.4. The lowest BCUT2D eigenvalue weighted by Crippen LogP contribution is -2.28. The van der Waals surface area contributed by atoms with Gasteiger partial charge in [-0.3, -0.25) is 0 Å². The number of carbonyl (C=O) groups excluding carboxylic acids is 1. The molecule has 0 bridgehead atoms. The number of nitrogens with zero attached hydrogens (tertiary/aromatic N) is 3. The number of thioether (sulfide) groups is 1. The summed E-state index contributed by atoms with van der Waals surface area (Å²) in [6, 6.07) is 21.4.